The molecule has 1 aliphatic rings. The van der Waals surface area contributed by atoms with E-state index >= 15 is 0 Å². The molecule has 0 radical (unpaired) electrons. The van der Waals surface area contributed by atoms with Gasteiger partial charge >= 0.3 is 0 Å². The van der Waals surface area contributed by atoms with Gasteiger partial charge in [0.1, 0.15) is 0 Å². The molecule has 1 atom stereocenters. The molecule has 1 heterocycles. The van der Waals surface area contributed by atoms with Gasteiger partial charge in [0.05, 0.1) is 5.54 Å². The van der Waals surface area contributed by atoms with Gasteiger partial charge in [-0.15, -0.1) is 0 Å². The van der Waals surface area contributed by atoms with Crippen LogP contribution in [0.4, 0.5) is 0 Å². The highest BCUT2D eigenvalue weighted by Crippen LogP contribution is 2.26. The first-order valence-corrected chi connectivity index (χ1v) is 4.14. The Balaban J connectivity index is 2.79. The van der Waals surface area contributed by atoms with Gasteiger partial charge in [0.15, 0.2) is 0 Å². The van der Waals surface area contributed by atoms with Crippen LogP contribution in [0.3, 0.4) is 0 Å². The van der Waals surface area contributed by atoms with Gasteiger partial charge in [0.25, 0.3) is 0 Å². The minimum absolute atomic E-state index is 0.204. The van der Waals surface area contributed by atoms with E-state index in [-0.39, 0.29) is 5.91 Å². The molecule has 0 spiro atoms. The Bertz CT molecular complexity index is 159. The molecule has 0 aliphatic carbocycles. The monoisotopic (exact) mass is 156 g/mol. The van der Waals surface area contributed by atoms with Crippen LogP contribution in [0.15, 0.2) is 0 Å². The maximum atomic E-state index is 11.1. The van der Waals surface area contributed by atoms with Crippen LogP contribution in [-0.4, -0.2) is 18.0 Å². The largest absolute Gasteiger partial charge is 0.368 e. The summed E-state index contributed by atoms with van der Waals surface area (Å²) in [6, 6.07) is 0. The summed E-state index contributed by atoms with van der Waals surface area (Å²) < 4.78 is 0. The number of carbonyl (C=O) groups excluding carboxylic acids is 1. The third-order valence-corrected chi connectivity index (χ3v) is 2.61. The summed E-state index contributed by atoms with van der Waals surface area (Å²) in [7, 11) is 0. The molecule has 0 aromatic heterocycles. The number of nitrogens with two attached hydrogens (primary N) is 1. The van der Waals surface area contributed by atoms with Crippen molar-refractivity contribution in [1.29, 1.82) is 0 Å². The second-order valence-electron chi connectivity index (χ2n) is 3.52. The normalized spacial score (nSPS) is 31.2. The van der Waals surface area contributed by atoms with Crippen molar-refractivity contribution in [2.24, 2.45) is 11.7 Å². The van der Waals surface area contributed by atoms with E-state index in [0.717, 1.165) is 19.4 Å². The number of hydrogen-bond acceptors (Lipinski definition) is 2. The molecule has 3 N–H and O–H groups in total. The molecule has 3 heteroatoms. The van der Waals surface area contributed by atoms with Gasteiger partial charge in [-0.25, -0.2) is 0 Å². The van der Waals surface area contributed by atoms with E-state index in [4.69, 9.17) is 5.73 Å². The summed E-state index contributed by atoms with van der Waals surface area (Å²) in [5.74, 6) is 0.0903. The summed E-state index contributed by atoms with van der Waals surface area (Å²) in [4.78, 5) is 11.1. The summed E-state index contributed by atoms with van der Waals surface area (Å²) in [5, 5.41) is 3.19. The zero-order chi connectivity index (χ0) is 8.48. The molecule has 11 heavy (non-hydrogen) atoms. The van der Waals surface area contributed by atoms with Gasteiger partial charge in [-0.1, -0.05) is 13.8 Å². The number of carbonyl (C=O) groups is 1. The van der Waals surface area contributed by atoms with Crippen LogP contribution < -0.4 is 11.1 Å². The maximum absolute atomic E-state index is 11.1. The fourth-order valence-corrected chi connectivity index (χ4v) is 1.75. The van der Waals surface area contributed by atoms with Crippen molar-refractivity contribution in [3.63, 3.8) is 0 Å². The van der Waals surface area contributed by atoms with Crippen LogP contribution in [-0.2, 0) is 4.79 Å². The zero-order valence-electron chi connectivity index (χ0n) is 7.18. The van der Waals surface area contributed by atoms with Crippen LogP contribution >= 0.6 is 0 Å². The molecule has 0 saturated carbocycles. The van der Waals surface area contributed by atoms with E-state index in [2.05, 4.69) is 5.32 Å². The standard InChI is InChI=1S/C8H16N2O/c1-6(2)8(7(9)11)4-3-5-10-8/h6,10H,3-5H2,1-2H3,(H2,9,11). The summed E-state index contributed by atoms with van der Waals surface area (Å²) in [6.45, 7) is 4.98. The van der Waals surface area contributed by atoms with E-state index < -0.39 is 5.54 Å². The van der Waals surface area contributed by atoms with Gasteiger partial charge in [-0.3, -0.25) is 4.79 Å². The second-order valence-corrected chi connectivity index (χ2v) is 3.52. The van der Waals surface area contributed by atoms with Crippen molar-refractivity contribution in [3.8, 4) is 0 Å². The lowest BCUT2D eigenvalue weighted by Crippen LogP contribution is -2.55. The predicted octanol–water partition coefficient (Wildman–Crippen LogP) is 0.250. The van der Waals surface area contributed by atoms with E-state index in [1.165, 1.54) is 0 Å². The Morgan fingerprint density at radius 1 is 1.64 bits per heavy atom. The molecule has 1 amide bonds. The molecule has 0 bridgehead atoms. The Kier molecular flexibility index (Phi) is 2.18. The highest BCUT2D eigenvalue weighted by molar-refractivity contribution is 5.85. The number of rotatable bonds is 2. The van der Waals surface area contributed by atoms with Crippen LogP contribution in [0.25, 0.3) is 0 Å². The quantitative estimate of drug-likeness (QED) is 0.602. The van der Waals surface area contributed by atoms with Crippen LogP contribution in [0, 0.1) is 5.92 Å². The molecule has 3 nitrogen and oxygen atoms in total. The predicted molar refractivity (Wildman–Crippen MR) is 44.0 cm³/mol. The zero-order valence-corrected chi connectivity index (χ0v) is 7.18. The SMILES string of the molecule is CC(C)C1(C(N)=O)CCCN1. The lowest BCUT2D eigenvalue weighted by molar-refractivity contribution is -0.125. The van der Waals surface area contributed by atoms with Crippen LogP contribution in [0.1, 0.15) is 26.7 Å². The van der Waals surface area contributed by atoms with E-state index in [0.29, 0.717) is 5.92 Å². The Morgan fingerprint density at radius 3 is 2.45 bits per heavy atom. The fraction of sp³-hybridized carbons (Fsp3) is 0.875. The van der Waals surface area contributed by atoms with Crippen molar-refractivity contribution >= 4 is 5.91 Å². The maximum Gasteiger partial charge on any atom is 0.237 e. The molecule has 64 valence electrons. The lowest BCUT2D eigenvalue weighted by atomic mass is 9.84. The first kappa shape index (κ1) is 8.53. The smallest absolute Gasteiger partial charge is 0.237 e. The van der Waals surface area contributed by atoms with Gasteiger partial charge < -0.3 is 11.1 Å². The number of nitrogens with one attached hydrogen (secondary N) is 1. The topological polar surface area (TPSA) is 55.1 Å². The van der Waals surface area contributed by atoms with Crippen molar-refractivity contribution in [1.82, 2.24) is 5.32 Å². The third-order valence-electron chi connectivity index (χ3n) is 2.61. The molecular weight excluding hydrogens is 140 g/mol. The molecular formula is C8H16N2O. The Hall–Kier alpha value is -0.570. The second kappa shape index (κ2) is 2.81. The molecule has 1 saturated heterocycles. The average molecular weight is 156 g/mol. The minimum Gasteiger partial charge on any atom is -0.368 e. The molecule has 0 aromatic rings. The first-order valence-electron chi connectivity index (χ1n) is 4.14. The molecule has 1 rings (SSSR count). The van der Waals surface area contributed by atoms with Gasteiger partial charge in [0.2, 0.25) is 5.91 Å². The molecule has 1 unspecified atom stereocenters. The summed E-state index contributed by atoms with van der Waals surface area (Å²) in [5.41, 5.74) is 4.92. The van der Waals surface area contributed by atoms with Gasteiger partial charge in [-0.2, -0.15) is 0 Å². The highest BCUT2D eigenvalue weighted by atomic mass is 16.1. The van der Waals surface area contributed by atoms with Crippen molar-refractivity contribution in [2.75, 3.05) is 6.54 Å². The van der Waals surface area contributed by atoms with Crippen molar-refractivity contribution < 1.29 is 4.79 Å². The molecule has 0 aromatic carbocycles. The highest BCUT2D eigenvalue weighted by Gasteiger charge is 2.41. The fourth-order valence-electron chi connectivity index (χ4n) is 1.75. The first-order chi connectivity index (χ1) is 5.09. The molecule has 1 aliphatic heterocycles. The van der Waals surface area contributed by atoms with E-state index in [1.54, 1.807) is 0 Å². The number of amides is 1. The van der Waals surface area contributed by atoms with Crippen molar-refractivity contribution in [2.45, 2.75) is 32.2 Å². The summed E-state index contributed by atoms with van der Waals surface area (Å²) in [6.07, 6.45) is 1.95. The van der Waals surface area contributed by atoms with E-state index in [1.807, 2.05) is 13.8 Å². The third kappa shape index (κ3) is 1.25. The summed E-state index contributed by atoms with van der Waals surface area (Å²) >= 11 is 0. The average Bonchev–Trinajstić information content (AvgIpc) is 2.34. The Labute approximate surface area is 67.3 Å². The lowest BCUT2D eigenvalue weighted by Gasteiger charge is -2.29. The van der Waals surface area contributed by atoms with Gasteiger partial charge in [0, 0.05) is 0 Å². The Morgan fingerprint density at radius 2 is 2.27 bits per heavy atom. The minimum atomic E-state index is -0.417. The number of primary amides is 1. The molecule has 1 fully saturated rings. The number of hydrogen-bond donors (Lipinski definition) is 2. The van der Waals surface area contributed by atoms with E-state index in [9.17, 15) is 4.79 Å². The van der Waals surface area contributed by atoms with Gasteiger partial charge in [-0.05, 0) is 25.3 Å². The van der Waals surface area contributed by atoms with Crippen molar-refractivity contribution in [3.05, 3.63) is 0 Å². The van der Waals surface area contributed by atoms with Crippen LogP contribution in [0.5, 0.6) is 0 Å². The van der Waals surface area contributed by atoms with Crippen LogP contribution in [0.2, 0.25) is 0 Å².